The quantitative estimate of drug-likeness (QED) is 0.483. The summed E-state index contributed by atoms with van der Waals surface area (Å²) in [6, 6.07) is -0.686. The Balaban J connectivity index is -0.00000144. The number of hydrogen-bond acceptors (Lipinski definition) is 6. The van der Waals surface area contributed by atoms with Crippen LogP contribution in [0.15, 0.2) is 0 Å². The fourth-order valence-electron chi connectivity index (χ4n) is 1.28. The van der Waals surface area contributed by atoms with Crippen molar-refractivity contribution in [1.82, 2.24) is 10.6 Å². The Labute approximate surface area is 133 Å². The molecule has 0 spiro atoms. The highest BCUT2D eigenvalue weighted by Crippen LogP contribution is 1.89. The molecule has 0 bridgehead atoms. The van der Waals surface area contributed by atoms with Crippen LogP contribution in [0, 0.1) is 0 Å². The molecule has 0 saturated carbocycles. The Morgan fingerprint density at radius 1 is 0.850 bits per heavy atom. The monoisotopic (exact) mass is 332 g/mol. The third-order valence-corrected chi connectivity index (χ3v) is 2.31. The molecule has 2 N–H and O–H groups in total. The van der Waals surface area contributed by atoms with Crippen LogP contribution in [0.3, 0.4) is 0 Å². The topological polar surface area (TPSA) is 76.7 Å². The van der Waals surface area contributed by atoms with Crippen LogP contribution >= 0.6 is 24.8 Å². The molecule has 0 aromatic rings. The summed E-state index contributed by atoms with van der Waals surface area (Å²) < 4.78 is 9.71. The zero-order valence-corrected chi connectivity index (χ0v) is 14.1. The summed E-state index contributed by atoms with van der Waals surface area (Å²) in [6.07, 6.45) is 0. The lowest BCUT2D eigenvalue weighted by Gasteiger charge is -2.15. The van der Waals surface area contributed by atoms with E-state index < -0.39 is 0 Å². The van der Waals surface area contributed by atoms with Gasteiger partial charge in [0.05, 0.1) is 13.2 Å². The second-order valence-electron chi connectivity index (χ2n) is 3.86. The standard InChI is InChI=1S/C12H24N2O4.2ClH/c1-5-17-11(15)9(3)13-7-8-14-10(4)12(16)18-6-2;;/h9-10,13-14H,5-8H2,1-4H3;2*1H. The van der Waals surface area contributed by atoms with E-state index in [0.29, 0.717) is 26.3 Å². The van der Waals surface area contributed by atoms with E-state index in [2.05, 4.69) is 10.6 Å². The number of carbonyl (C=O) groups excluding carboxylic acids is 2. The molecule has 0 aliphatic carbocycles. The summed E-state index contributed by atoms with van der Waals surface area (Å²) in [5, 5.41) is 6.01. The van der Waals surface area contributed by atoms with Gasteiger partial charge < -0.3 is 20.1 Å². The van der Waals surface area contributed by atoms with Crippen LogP contribution < -0.4 is 10.6 Å². The SMILES string of the molecule is CCOC(=O)C(C)NCCNC(C)C(=O)OCC.Cl.Cl. The molecule has 8 heteroatoms. The van der Waals surface area contributed by atoms with Gasteiger partial charge in [-0.2, -0.15) is 0 Å². The largest absolute Gasteiger partial charge is 0.465 e. The smallest absolute Gasteiger partial charge is 0.322 e. The fraction of sp³-hybridized carbons (Fsp3) is 0.833. The molecule has 0 amide bonds. The van der Waals surface area contributed by atoms with Crippen molar-refractivity contribution in [3.63, 3.8) is 0 Å². The van der Waals surface area contributed by atoms with Crippen molar-refractivity contribution in [3.05, 3.63) is 0 Å². The molecule has 2 unspecified atom stereocenters. The summed E-state index contributed by atoms with van der Waals surface area (Å²) >= 11 is 0. The van der Waals surface area contributed by atoms with Gasteiger partial charge in [-0.3, -0.25) is 9.59 Å². The zero-order valence-electron chi connectivity index (χ0n) is 12.4. The van der Waals surface area contributed by atoms with E-state index in [-0.39, 0.29) is 48.8 Å². The number of halogens is 2. The van der Waals surface area contributed by atoms with Gasteiger partial charge >= 0.3 is 11.9 Å². The van der Waals surface area contributed by atoms with Crippen molar-refractivity contribution in [1.29, 1.82) is 0 Å². The lowest BCUT2D eigenvalue weighted by Crippen LogP contribution is -2.43. The highest BCUT2D eigenvalue weighted by molar-refractivity contribution is 5.85. The van der Waals surface area contributed by atoms with Crippen LogP contribution in [0.25, 0.3) is 0 Å². The minimum absolute atomic E-state index is 0. The number of hydrogen-bond donors (Lipinski definition) is 2. The van der Waals surface area contributed by atoms with Crippen LogP contribution in [0.1, 0.15) is 27.7 Å². The molecule has 0 aromatic heterocycles. The highest BCUT2D eigenvalue weighted by Gasteiger charge is 2.14. The first-order chi connectivity index (χ1) is 8.52. The van der Waals surface area contributed by atoms with Crippen molar-refractivity contribution in [2.45, 2.75) is 39.8 Å². The first-order valence-electron chi connectivity index (χ1n) is 6.32. The summed E-state index contributed by atoms with van der Waals surface area (Å²) in [5.41, 5.74) is 0. The van der Waals surface area contributed by atoms with Gasteiger partial charge in [-0.15, -0.1) is 24.8 Å². The second-order valence-corrected chi connectivity index (χ2v) is 3.86. The zero-order chi connectivity index (χ0) is 14.0. The maximum Gasteiger partial charge on any atom is 0.322 e. The normalized spacial score (nSPS) is 12.4. The number of carbonyl (C=O) groups is 2. The van der Waals surface area contributed by atoms with Crippen LogP contribution in [0.4, 0.5) is 0 Å². The Hall–Kier alpha value is -0.560. The molecule has 6 nitrogen and oxygen atoms in total. The molecule has 0 heterocycles. The molecule has 2 atom stereocenters. The highest BCUT2D eigenvalue weighted by atomic mass is 35.5. The summed E-state index contributed by atoms with van der Waals surface area (Å²) in [7, 11) is 0. The van der Waals surface area contributed by atoms with Gasteiger partial charge in [-0.1, -0.05) is 0 Å². The van der Waals surface area contributed by atoms with Gasteiger partial charge in [0.2, 0.25) is 0 Å². The molecule has 0 aliphatic heterocycles. The summed E-state index contributed by atoms with van der Waals surface area (Å²) in [4.78, 5) is 22.6. The van der Waals surface area contributed by atoms with Crippen molar-refractivity contribution in [3.8, 4) is 0 Å². The maximum atomic E-state index is 11.3. The van der Waals surface area contributed by atoms with E-state index in [9.17, 15) is 9.59 Å². The van der Waals surface area contributed by atoms with Crippen LogP contribution in [-0.4, -0.2) is 50.3 Å². The molecule has 0 fully saturated rings. The van der Waals surface area contributed by atoms with E-state index in [1.165, 1.54) is 0 Å². The molecular weight excluding hydrogens is 307 g/mol. The molecule has 122 valence electrons. The average Bonchev–Trinajstić information content (AvgIpc) is 2.34. The minimum atomic E-state index is -0.343. The van der Waals surface area contributed by atoms with Gasteiger partial charge in [0, 0.05) is 13.1 Å². The minimum Gasteiger partial charge on any atom is -0.465 e. The molecule has 0 saturated heterocycles. The van der Waals surface area contributed by atoms with Crippen molar-refractivity contribution in [2.24, 2.45) is 0 Å². The average molecular weight is 333 g/mol. The van der Waals surface area contributed by atoms with Crippen LogP contribution in [0.2, 0.25) is 0 Å². The van der Waals surface area contributed by atoms with Gasteiger partial charge in [-0.05, 0) is 27.7 Å². The number of nitrogens with one attached hydrogen (secondary N) is 2. The summed E-state index contributed by atoms with van der Waals surface area (Å²) in [6.45, 7) is 8.93. The molecule has 0 aromatic carbocycles. The second kappa shape index (κ2) is 14.8. The maximum absolute atomic E-state index is 11.3. The van der Waals surface area contributed by atoms with Crippen LogP contribution in [0.5, 0.6) is 0 Å². The molecular formula is C12H26Cl2N2O4. The van der Waals surface area contributed by atoms with E-state index in [1.54, 1.807) is 27.7 Å². The van der Waals surface area contributed by atoms with Gasteiger partial charge in [0.15, 0.2) is 0 Å². The number of rotatable bonds is 9. The number of ether oxygens (including phenoxy) is 2. The van der Waals surface area contributed by atoms with Crippen molar-refractivity contribution >= 4 is 36.8 Å². The molecule has 0 radical (unpaired) electrons. The first-order valence-corrected chi connectivity index (χ1v) is 6.32. The van der Waals surface area contributed by atoms with E-state index in [0.717, 1.165) is 0 Å². The Morgan fingerprint density at radius 3 is 1.40 bits per heavy atom. The Bertz CT molecular complexity index is 242. The Kier molecular flexibility index (Phi) is 18.1. The Morgan fingerprint density at radius 2 is 1.15 bits per heavy atom. The third kappa shape index (κ3) is 11.3. The predicted molar refractivity (Wildman–Crippen MR) is 82.7 cm³/mol. The molecule has 0 aliphatic rings. The lowest BCUT2D eigenvalue weighted by atomic mass is 10.3. The van der Waals surface area contributed by atoms with Crippen molar-refractivity contribution < 1.29 is 19.1 Å². The summed E-state index contributed by atoms with van der Waals surface area (Å²) in [5.74, 6) is -0.535. The predicted octanol–water partition coefficient (Wildman–Crippen LogP) is 0.912. The van der Waals surface area contributed by atoms with E-state index in [4.69, 9.17) is 9.47 Å². The first kappa shape index (κ1) is 24.5. The fourth-order valence-corrected chi connectivity index (χ4v) is 1.28. The van der Waals surface area contributed by atoms with E-state index >= 15 is 0 Å². The lowest BCUT2D eigenvalue weighted by molar-refractivity contribution is -0.146. The molecule has 0 rings (SSSR count). The van der Waals surface area contributed by atoms with Gasteiger partial charge in [0.1, 0.15) is 12.1 Å². The van der Waals surface area contributed by atoms with Crippen molar-refractivity contribution in [2.75, 3.05) is 26.3 Å². The van der Waals surface area contributed by atoms with Gasteiger partial charge in [0.25, 0.3) is 0 Å². The van der Waals surface area contributed by atoms with Gasteiger partial charge in [-0.25, -0.2) is 0 Å². The van der Waals surface area contributed by atoms with E-state index in [1.807, 2.05) is 0 Å². The number of esters is 2. The molecule has 20 heavy (non-hydrogen) atoms. The third-order valence-electron chi connectivity index (χ3n) is 2.31. The van der Waals surface area contributed by atoms with Crippen LogP contribution in [-0.2, 0) is 19.1 Å².